The van der Waals surface area contributed by atoms with E-state index in [4.69, 9.17) is 5.73 Å². The van der Waals surface area contributed by atoms with Crippen molar-refractivity contribution in [1.29, 1.82) is 0 Å². The first-order valence-electron chi connectivity index (χ1n) is 3.54. The second kappa shape index (κ2) is 3.37. The van der Waals surface area contributed by atoms with Gasteiger partial charge >= 0.3 is 11.9 Å². The van der Waals surface area contributed by atoms with Crippen molar-refractivity contribution in [2.24, 2.45) is 0 Å². The highest BCUT2D eigenvalue weighted by Crippen LogP contribution is 2.40. The predicted octanol–water partition coefficient (Wildman–Crippen LogP) is 2.33. The average Bonchev–Trinajstić information content (AvgIpc) is 2.05. The molecule has 0 aliphatic rings. The number of nitrogens with two attached hydrogens (primary N) is 1. The molecule has 1 rings (SSSR count). The summed E-state index contributed by atoms with van der Waals surface area (Å²) in [5.41, 5.74) is 0.637. The first-order chi connectivity index (χ1) is 6.75. The van der Waals surface area contributed by atoms with Crippen molar-refractivity contribution < 1.29 is 22.5 Å². The van der Waals surface area contributed by atoms with Gasteiger partial charge in [-0.25, -0.2) is 0 Å². The summed E-state index contributed by atoms with van der Waals surface area (Å²) in [6.07, 6.45) is -5.06. The third-order valence-electron chi connectivity index (χ3n) is 1.63. The van der Waals surface area contributed by atoms with Crippen LogP contribution in [0.4, 0.5) is 28.9 Å². The number of anilines is 1. The SMILES string of the molecule is Nc1ccc(F)c([N+](=O)[O-])c1C(F)(F)F. The minimum atomic E-state index is -5.06. The monoisotopic (exact) mass is 224 g/mol. The van der Waals surface area contributed by atoms with Crippen LogP contribution in [0.25, 0.3) is 0 Å². The molecule has 0 radical (unpaired) electrons. The molecule has 0 aliphatic carbocycles. The van der Waals surface area contributed by atoms with Crippen molar-refractivity contribution >= 4 is 11.4 Å². The van der Waals surface area contributed by atoms with Gasteiger partial charge in [-0.1, -0.05) is 0 Å². The summed E-state index contributed by atoms with van der Waals surface area (Å²) in [5.74, 6) is -1.57. The Morgan fingerprint density at radius 2 is 1.87 bits per heavy atom. The van der Waals surface area contributed by atoms with E-state index in [9.17, 15) is 27.7 Å². The molecule has 82 valence electrons. The van der Waals surface area contributed by atoms with E-state index in [-0.39, 0.29) is 0 Å². The van der Waals surface area contributed by atoms with Crippen molar-refractivity contribution in [3.8, 4) is 0 Å². The lowest BCUT2D eigenvalue weighted by Crippen LogP contribution is -2.13. The molecule has 8 heteroatoms. The van der Waals surface area contributed by atoms with Crippen LogP contribution in [-0.2, 0) is 6.18 Å². The molecular formula is C7H4F4N2O2. The molecule has 0 amide bonds. The molecule has 0 aromatic heterocycles. The Kier molecular flexibility index (Phi) is 2.52. The van der Waals surface area contributed by atoms with Gasteiger partial charge in [0.1, 0.15) is 0 Å². The molecular weight excluding hydrogens is 220 g/mol. The molecule has 1 aromatic rings. The molecule has 0 unspecified atom stereocenters. The minimum Gasteiger partial charge on any atom is -0.398 e. The second-order valence-electron chi connectivity index (χ2n) is 2.62. The van der Waals surface area contributed by atoms with Crippen LogP contribution in [-0.4, -0.2) is 4.92 Å². The number of nitrogen functional groups attached to an aromatic ring is 1. The zero-order valence-corrected chi connectivity index (χ0v) is 7.01. The normalized spacial score (nSPS) is 11.5. The van der Waals surface area contributed by atoms with Crippen LogP contribution in [0.2, 0.25) is 0 Å². The quantitative estimate of drug-likeness (QED) is 0.344. The van der Waals surface area contributed by atoms with Crippen LogP contribution in [0.1, 0.15) is 5.56 Å². The predicted molar refractivity (Wildman–Crippen MR) is 42.5 cm³/mol. The summed E-state index contributed by atoms with van der Waals surface area (Å²) in [7, 11) is 0. The number of alkyl halides is 3. The van der Waals surface area contributed by atoms with E-state index >= 15 is 0 Å². The molecule has 0 aliphatic heterocycles. The number of nitro benzene ring substituents is 1. The van der Waals surface area contributed by atoms with Crippen molar-refractivity contribution in [2.45, 2.75) is 6.18 Å². The van der Waals surface area contributed by atoms with Crippen LogP contribution >= 0.6 is 0 Å². The molecule has 0 atom stereocenters. The standard InChI is InChI=1S/C7H4F4N2O2/c8-3-1-2-4(12)5(7(9,10)11)6(3)13(14)15/h1-2H,12H2. The summed E-state index contributed by atoms with van der Waals surface area (Å²) in [4.78, 5) is 8.80. The van der Waals surface area contributed by atoms with Gasteiger partial charge in [0, 0.05) is 0 Å². The molecule has 0 saturated carbocycles. The molecule has 0 fully saturated rings. The lowest BCUT2D eigenvalue weighted by atomic mass is 10.1. The summed E-state index contributed by atoms with van der Waals surface area (Å²) in [6, 6.07) is 1.15. The number of nitrogens with zero attached hydrogens (tertiary/aromatic N) is 1. The van der Waals surface area contributed by atoms with Gasteiger partial charge in [-0.05, 0) is 12.1 Å². The Hall–Kier alpha value is -1.86. The molecule has 0 bridgehead atoms. The van der Waals surface area contributed by atoms with Gasteiger partial charge in [0.25, 0.3) is 0 Å². The van der Waals surface area contributed by atoms with Crippen LogP contribution < -0.4 is 5.73 Å². The summed E-state index contributed by atoms with van der Waals surface area (Å²) < 4.78 is 49.7. The number of nitro groups is 1. The lowest BCUT2D eigenvalue weighted by Gasteiger charge is -2.10. The Labute approximate surface area is 80.5 Å². The molecule has 4 nitrogen and oxygen atoms in total. The van der Waals surface area contributed by atoms with E-state index in [2.05, 4.69) is 0 Å². The van der Waals surface area contributed by atoms with E-state index < -0.39 is 33.9 Å². The number of benzene rings is 1. The third-order valence-corrected chi connectivity index (χ3v) is 1.63. The number of halogens is 4. The highest BCUT2D eigenvalue weighted by molar-refractivity contribution is 5.59. The number of hydrogen-bond acceptors (Lipinski definition) is 3. The third kappa shape index (κ3) is 1.97. The molecule has 0 heterocycles. The Bertz CT molecular complexity index is 416. The molecule has 15 heavy (non-hydrogen) atoms. The zero-order valence-electron chi connectivity index (χ0n) is 7.01. The van der Waals surface area contributed by atoms with Crippen molar-refractivity contribution in [3.05, 3.63) is 33.6 Å². The van der Waals surface area contributed by atoms with Crippen LogP contribution in [0, 0.1) is 15.9 Å². The van der Waals surface area contributed by atoms with Gasteiger partial charge in [-0.2, -0.15) is 17.6 Å². The molecule has 0 spiro atoms. The molecule has 1 aromatic carbocycles. The van der Waals surface area contributed by atoms with Gasteiger partial charge < -0.3 is 5.73 Å². The first kappa shape index (κ1) is 11.2. The Morgan fingerprint density at radius 1 is 1.33 bits per heavy atom. The van der Waals surface area contributed by atoms with E-state index in [1.807, 2.05) is 0 Å². The Balaban J connectivity index is 3.60. The topological polar surface area (TPSA) is 69.2 Å². The van der Waals surface area contributed by atoms with Crippen LogP contribution in [0.15, 0.2) is 12.1 Å². The van der Waals surface area contributed by atoms with Crippen molar-refractivity contribution in [1.82, 2.24) is 0 Å². The Morgan fingerprint density at radius 3 is 2.20 bits per heavy atom. The maximum Gasteiger partial charge on any atom is 0.425 e. The average molecular weight is 224 g/mol. The van der Waals surface area contributed by atoms with E-state index in [0.717, 1.165) is 0 Å². The van der Waals surface area contributed by atoms with Gasteiger partial charge in [0.2, 0.25) is 5.82 Å². The van der Waals surface area contributed by atoms with Gasteiger partial charge in [-0.3, -0.25) is 10.1 Å². The van der Waals surface area contributed by atoms with Crippen LogP contribution in [0.3, 0.4) is 0 Å². The van der Waals surface area contributed by atoms with E-state index in [1.165, 1.54) is 0 Å². The fraction of sp³-hybridized carbons (Fsp3) is 0.143. The summed E-state index contributed by atoms with van der Waals surface area (Å²) in [6.45, 7) is 0. The highest BCUT2D eigenvalue weighted by atomic mass is 19.4. The summed E-state index contributed by atoms with van der Waals surface area (Å²) >= 11 is 0. The van der Waals surface area contributed by atoms with E-state index in [1.54, 1.807) is 0 Å². The smallest absolute Gasteiger partial charge is 0.398 e. The fourth-order valence-electron chi connectivity index (χ4n) is 1.06. The van der Waals surface area contributed by atoms with Crippen LogP contribution in [0.5, 0.6) is 0 Å². The van der Waals surface area contributed by atoms with Gasteiger partial charge in [0.05, 0.1) is 10.6 Å². The van der Waals surface area contributed by atoms with Gasteiger partial charge in [0.15, 0.2) is 5.56 Å². The van der Waals surface area contributed by atoms with Crippen molar-refractivity contribution in [3.63, 3.8) is 0 Å². The lowest BCUT2D eigenvalue weighted by molar-refractivity contribution is -0.390. The van der Waals surface area contributed by atoms with Gasteiger partial charge in [-0.15, -0.1) is 0 Å². The zero-order chi connectivity index (χ0) is 11.8. The number of hydrogen-bond donors (Lipinski definition) is 1. The second-order valence-corrected chi connectivity index (χ2v) is 2.62. The summed E-state index contributed by atoms with van der Waals surface area (Å²) in [5, 5.41) is 10.3. The fourth-order valence-corrected chi connectivity index (χ4v) is 1.06. The minimum absolute atomic E-state index is 0.517. The maximum absolute atomic E-state index is 12.8. The highest BCUT2D eigenvalue weighted by Gasteiger charge is 2.42. The molecule has 0 saturated heterocycles. The van der Waals surface area contributed by atoms with Crippen molar-refractivity contribution in [2.75, 3.05) is 5.73 Å². The largest absolute Gasteiger partial charge is 0.425 e. The first-order valence-corrected chi connectivity index (χ1v) is 3.54. The van der Waals surface area contributed by atoms with E-state index in [0.29, 0.717) is 12.1 Å². The molecule has 2 N–H and O–H groups in total. The maximum atomic E-state index is 12.8. The number of rotatable bonds is 1.